The van der Waals surface area contributed by atoms with Gasteiger partial charge in [-0.05, 0) is 42.5 Å². The topological polar surface area (TPSA) is 88.5 Å². The quantitative estimate of drug-likeness (QED) is 0.469. The number of aryl methyl sites for hydroxylation is 1. The van der Waals surface area contributed by atoms with Crippen molar-refractivity contribution in [2.45, 2.75) is 25.3 Å². The van der Waals surface area contributed by atoms with E-state index in [9.17, 15) is 4.79 Å². The fourth-order valence-electron chi connectivity index (χ4n) is 4.46. The number of nitrogens with one attached hydrogen (secondary N) is 2. The minimum Gasteiger partial charge on any atom is -0.349 e. The fourth-order valence-corrected chi connectivity index (χ4v) is 4.46. The van der Waals surface area contributed by atoms with Crippen molar-refractivity contribution in [1.29, 1.82) is 0 Å². The van der Waals surface area contributed by atoms with E-state index in [2.05, 4.69) is 39.1 Å². The first kappa shape index (κ1) is 19.9. The summed E-state index contributed by atoms with van der Waals surface area (Å²) < 4.78 is 1.80. The molecule has 0 fully saturated rings. The molecule has 1 amide bonds. The van der Waals surface area contributed by atoms with E-state index in [0.717, 1.165) is 58.1 Å². The number of hydrogen-bond donors (Lipinski definition) is 2. The molecule has 0 spiro atoms. The van der Waals surface area contributed by atoms with Gasteiger partial charge in [-0.2, -0.15) is 5.10 Å². The summed E-state index contributed by atoms with van der Waals surface area (Å²) in [5, 5.41) is 8.51. The Hall–Kier alpha value is -4.00. The maximum Gasteiger partial charge on any atom is 0.243 e. The number of pyridine rings is 2. The molecule has 0 saturated carbocycles. The van der Waals surface area contributed by atoms with Gasteiger partial charge >= 0.3 is 0 Å². The van der Waals surface area contributed by atoms with Crippen molar-refractivity contribution in [1.82, 2.24) is 30.0 Å². The summed E-state index contributed by atoms with van der Waals surface area (Å²) in [6.07, 6.45) is 17.6. The minimum atomic E-state index is -0.138. The lowest BCUT2D eigenvalue weighted by atomic mass is 9.85. The van der Waals surface area contributed by atoms with Gasteiger partial charge in [0.05, 0.1) is 6.20 Å². The van der Waals surface area contributed by atoms with Crippen molar-refractivity contribution in [2.24, 2.45) is 7.05 Å². The number of aromatic amines is 1. The van der Waals surface area contributed by atoms with Gasteiger partial charge in [-0.15, -0.1) is 0 Å². The summed E-state index contributed by atoms with van der Waals surface area (Å²) in [6.45, 7) is 3.58. The molecule has 5 rings (SSSR count). The Balaban J connectivity index is 1.71. The van der Waals surface area contributed by atoms with Crippen LogP contribution >= 0.6 is 0 Å². The van der Waals surface area contributed by atoms with Crippen LogP contribution in [0.3, 0.4) is 0 Å². The van der Waals surface area contributed by atoms with Crippen LogP contribution < -0.4 is 5.32 Å². The van der Waals surface area contributed by atoms with E-state index in [1.165, 1.54) is 11.6 Å². The van der Waals surface area contributed by atoms with Crippen molar-refractivity contribution in [2.75, 3.05) is 0 Å². The lowest BCUT2D eigenvalue weighted by Gasteiger charge is -2.25. The van der Waals surface area contributed by atoms with Crippen LogP contribution in [0.2, 0.25) is 0 Å². The molecule has 160 valence electrons. The van der Waals surface area contributed by atoms with Gasteiger partial charge in [0.1, 0.15) is 5.65 Å². The third-order valence-electron chi connectivity index (χ3n) is 5.91. The van der Waals surface area contributed by atoms with Crippen LogP contribution in [0.4, 0.5) is 0 Å². The number of allylic oxidation sites excluding steroid dienone is 1. The van der Waals surface area contributed by atoms with E-state index in [4.69, 9.17) is 4.98 Å². The normalized spacial score (nSPS) is 16.0. The van der Waals surface area contributed by atoms with Gasteiger partial charge < -0.3 is 10.3 Å². The highest BCUT2D eigenvalue weighted by Crippen LogP contribution is 2.41. The summed E-state index contributed by atoms with van der Waals surface area (Å²) in [5.41, 5.74) is 7.26. The number of fused-ring (bicyclic) bond motifs is 1. The van der Waals surface area contributed by atoms with Gasteiger partial charge in [0, 0.05) is 71.7 Å². The summed E-state index contributed by atoms with van der Waals surface area (Å²) in [7, 11) is 1.91. The fraction of sp³-hybridized carbons (Fsp3) is 0.200. The third kappa shape index (κ3) is 3.62. The molecular formula is C25H24N6O. The van der Waals surface area contributed by atoms with E-state index in [0.29, 0.717) is 0 Å². The standard InChI is InChI=1S/C25H24N6O/c1-3-22(32)30-19-8-4-6-16(10-19)23-21(18-12-29-31(2)15-18)14-28-25-24(23)20(13-27-25)17-7-5-9-26-11-17/h3,5-7,9,11-15,19H,1,4,8,10H2,2H3,(H,27,28)(H,30,32). The predicted molar refractivity (Wildman–Crippen MR) is 125 cm³/mol. The molecule has 1 atom stereocenters. The SMILES string of the molecule is C=CC(=O)NC1CCC=C(c2c(-c3cnn(C)c3)cnc3[nH]cc(-c4cccnc4)c23)C1. The van der Waals surface area contributed by atoms with Crippen molar-refractivity contribution in [3.63, 3.8) is 0 Å². The first-order valence-corrected chi connectivity index (χ1v) is 10.7. The molecule has 4 heterocycles. The highest BCUT2D eigenvalue weighted by molar-refractivity contribution is 6.05. The summed E-state index contributed by atoms with van der Waals surface area (Å²) >= 11 is 0. The smallest absolute Gasteiger partial charge is 0.243 e. The van der Waals surface area contributed by atoms with Gasteiger partial charge in [0.15, 0.2) is 0 Å². The second kappa shape index (κ2) is 8.26. The molecule has 7 heteroatoms. The Bertz CT molecular complexity index is 1330. The number of rotatable bonds is 5. The third-order valence-corrected chi connectivity index (χ3v) is 5.91. The lowest BCUT2D eigenvalue weighted by molar-refractivity contribution is -0.117. The number of aromatic nitrogens is 5. The molecule has 0 aliphatic heterocycles. The Morgan fingerprint density at radius 1 is 1.28 bits per heavy atom. The maximum atomic E-state index is 11.9. The van der Waals surface area contributed by atoms with Gasteiger partial charge in [0.25, 0.3) is 0 Å². The maximum absolute atomic E-state index is 11.9. The molecule has 0 aromatic carbocycles. The Morgan fingerprint density at radius 2 is 2.19 bits per heavy atom. The van der Waals surface area contributed by atoms with Crippen molar-refractivity contribution < 1.29 is 4.79 Å². The zero-order valence-electron chi connectivity index (χ0n) is 17.9. The largest absolute Gasteiger partial charge is 0.349 e. The zero-order chi connectivity index (χ0) is 22.1. The van der Waals surface area contributed by atoms with Crippen LogP contribution in [0.15, 0.2) is 68.0 Å². The lowest BCUT2D eigenvalue weighted by Crippen LogP contribution is -2.34. The Morgan fingerprint density at radius 3 is 2.94 bits per heavy atom. The van der Waals surface area contributed by atoms with Gasteiger partial charge in [-0.1, -0.05) is 18.7 Å². The highest BCUT2D eigenvalue weighted by Gasteiger charge is 2.24. The zero-order valence-corrected chi connectivity index (χ0v) is 17.9. The van der Waals surface area contributed by atoms with Crippen LogP contribution in [-0.4, -0.2) is 36.7 Å². The second-order valence-corrected chi connectivity index (χ2v) is 8.04. The molecular weight excluding hydrogens is 400 g/mol. The van der Waals surface area contributed by atoms with E-state index < -0.39 is 0 Å². The van der Waals surface area contributed by atoms with E-state index in [1.54, 1.807) is 10.9 Å². The average Bonchev–Trinajstić information content (AvgIpc) is 3.45. The molecule has 4 aromatic heterocycles. The van der Waals surface area contributed by atoms with E-state index >= 15 is 0 Å². The molecule has 7 nitrogen and oxygen atoms in total. The van der Waals surface area contributed by atoms with Crippen LogP contribution in [-0.2, 0) is 11.8 Å². The summed E-state index contributed by atoms with van der Waals surface area (Å²) in [5.74, 6) is -0.138. The summed E-state index contributed by atoms with van der Waals surface area (Å²) in [4.78, 5) is 24.3. The highest BCUT2D eigenvalue weighted by atomic mass is 16.1. The molecule has 0 bridgehead atoms. The second-order valence-electron chi connectivity index (χ2n) is 8.04. The van der Waals surface area contributed by atoms with Crippen LogP contribution in [0.5, 0.6) is 0 Å². The number of amides is 1. The van der Waals surface area contributed by atoms with Crippen LogP contribution in [0, 0.1) is 0 Å². The molecule has 4 aromatic rings. The van der Waals surface area contributed by atoms with Crippen molar-refractivity contribution in [3.8, 4) is 22.3 Å². The number of carbonyl (C=O) groups is 1. The molecule has 2 N–H and O–H groups in total. The number of hydrogen-bond acceptors (Lipinski definition) is 4. The average molecular weight is 425 g/mol. The molecule has 1 aliphatic rings. The number of nitrogens with zero attached hydrogens (tertiary/aromatic N) is 4. The van der Waals surface area contributed by atoms with E-state index in [1.807, 2.05) is 44.1 Å². The Kier molecular flexibility index (Phi) is 5.15. The molecule has 1 aliphatic carbocycles. The first-order chi connectivity index (χ1) is 15.6. The Labute approximate surface area is 185 Å². The van der Waals surface area contributed by atoms with E-state index in [-0.39, 0.29) is 11.9 Å². The van der Waals surface area contributed by atoms with Gasteiger partial charge in [0.2, 0.25) is 5.91 Å². The first-order valence-electron chi connectivity index (χ1n) is 10.7. The van der Waals surface area contributed by atoms with Crippen molar-refractivity contribution in [3.05, 3.63) is 73.6 Å². The molecule has 0 radical (unpaired) electrons. The molecule has 0 saturated heterocycles. The van der Waals surface area contributed by atoms with Gasteiger partial charge in [-0.25, -0.2) is 4.98 Å². The van der Waals surface area contributed by atoms with Crippen molar-refractivity contribution >= 4 is 22.5 Å². The molecule has 1 unspecified atom stereocenters. The number of H-pyrrole nitrogens is 1. The molecule has 32 heavy (non-hydrogen) atoms. The van der Waals surface area contributed by atoms with Crippen LogP contribution in [0.1, 0.15) is 24.8 Å². The predicted octanol–water partition coefficient (Wildman–Crippen LogP) is 4.26. The van der Waals surface area contributed by atoms with Crippen LogP contribution in [0.25, 0.3) is 38.9 Å². The van der Waals surface area contributed by atoms with Gasteiger partial charge in [-0.3, -0.25) is 14.5 Å². The minimum absolute atomic E-state index is 0.0613. The number of carbonyl (C=O) groups excluding carboxylic acids is 1. The summed E-state index contributed by atoms with van der Waals surface area (Å²) in [6, 6.07) is 4.05. The monoisotopic (exact) mass is 424 g/mol.